The normalized spacial score (nSPS) is 14.3. The molecule has 5 rings (SSSR count). The van der Waals surface area contributed by atoms with Gasteiger partial charge < -0.3 is 15.1 Å². The topological polar surface area (TPSA) is 61.4 Å². The smallest absolute Gasteiger partial charge is 0.353 e. The molecule has 0 spiro atoms. The molecule has 1 N–H and O–H groups in total. The molecular weight excluding hydrogens is 455 g/mol. The number of nitrogens with one attached hydrogen (secondary N) is 1. The van der Waals surface area contributed by atoms with Crippen molar-refractivity contribution in [2.24, 2.45) is 0 Å². The quantitative estimate of drug-likeness (QED) is 0.436. The lowest BCUT2D eigenvalue weighted by Crippen LogP contribution is -2.47. The third kappa shape index (κ3) is 4.62. The molecule has 35 heavy (non-hydrogen) atoms. The minimum atomic E-state index is -4.58. The highest BCUT2D eigenvalue weighted by Crippen LogP contribution is 2.35. The summed E-state index contributed by atoms with van der Waals surface area (Å²) in [4.78, 5) is 26.4. The van der Waals surface area contributed by atoms with E-state index in [0.29, 0.717) is 5.39 Å². The molecule has 0 bridgehead atoms. The first-order chi connectivity index (χ1) is 16.9. The van der Waals surface area contributed by atoms with Crippen LogP contribution in [0, 0.1) is 0 Å². The Labute approximate surface area is 200 Å². The van der Waals surface area contributed by atoms with Crippen LogP contribution in [-0.2, 0) is 6.18 Å². The summed E-state index contributed by atoms with van der Waals surface area (Å²) in [6.07, 6.45) is -1.37. The van der Waals surface area contributed by atoms with E-state index in [1.165, 1.54) is 24.4 Å². The number of para-hydroxylation sites is 1. The Morgan fingerprint density at radius 2 is 1.46 bits per heavy atom. The van der Waals surface area contributed by atoms with Gasteiger partial charge in [0.15, 0.2) is 0 Å². The Hall–Kier alpha value is -4.14. The number of halogens is 3. The molecule has 0 unspecified atom stereocenters. The number of carbonyl (C=O) groups is 1. The standard InChI is InChI=1S/C26H22F3N5O/c27-26(28,29)21-9-3-4-10-22(21)32-25(35)20-17-31-24(19-8-2-1-7-18(19)20)34-15-13-33(14-16-34)23-11-5-6-12-30-23/h1-12,17H,13-16H2,(H,32,35). The molecule has 4 aromatic rings. The predicted octanol–water partition coefficient (Wildman–Crippen LogP) is 5.23. The van der Waals surface area contributed by atoms with E-state index >= 15 is 0 Å². The van der Waals surface area contributed by atoms with Gasteiger partial charge in [0.05, 0.1) is 16.8 Å². The molecule has 6 nitrogen and oxygen atoms in total. The van der Waals surface area contributed by atoms with E-state index in [-0.39, 0.29) is 11.3 Å². The Bertz CT molecular complexity index is 1350. The number of benzene rings is 2. The van der Waals surface area contributed by atoms with Gasteiger partial charge in [0.1, 0.15) is 11.6 Å². The Morgan fingerprint density at radius 1 is 0.800 bits per heavy atom. The van der Waals surface area contributed by atoms with Gasteiger partial charge in [0.25, 0.3) is 5.91 Å². The number of rotatable bonds is 4. The molecule has 0 saturated carbocycles. The fourth-order valence-corrected chi connectivity index (χ4v) is 4.33. The molecule has 3 heterocycles. The lowest BCUT2D eigenvalue weighted by molar-refractivity contribution is -0.136. The number of hydrogen-bond donors (Lipinski definition) is 1. The predicted molar refractivity (Wildman–Crippen MR) is 130 cm³/mol. The lowest BCUT2D eigenvalue weighted by Gasteiger charge is -2.36. The highest BCUT2D eigenvalue weighted by molar-refractivity contribution is 6.14. The summed E-state index contributed by atoms with van der Waals surface area (Å²) in [5.41, 5.74) is -0.967. The molecule has 9 heteroatoms. The van der Waals surface area contributed by atoms with Crippen molar-refractivity contribution in [3.63, 3.8) is 0 Å². The Kier molecular flexibility index (Phi) is 5.98. The number of amides is 1. The summed E-state index contributed by atoms with van der Waals surface area (Å²) in [6.45, 7) is 2.98. The van der Waals surface area contributed by atoms with Crippen molar-refractivity contribution in [1.29, 1.82) is 0 Å². The summed E-state index contributed by atoms with van der Waals surface area (Å²) >= 11 is 0. The van der Waals surface area contributed by atoms with Crippen molar-refractivity contribution in [1.82, 2.24) is 9.97 Å². The van der Waals surface area contributed by atoms with Crippen LogP contribution in [0.25, 0.3) is 10.8 Å². The fourth-order valence-electron chi connectivity index (χ4n) is 4.33. The van der Waals surface area contributed by atoms with E-state index in [9.17, 15) is 18.0 Å². The molecule has 178 valence electrons. The summed E-state index contributed by atoms with van der Waals surface area (Å²) in [5, 5.41) is 3.83. The van der Waals surface area contributed by atoms with E-state index in [2.05, 4.69) is 25.1 Å². The molecule has 1 saturated heterocycles. The van der Waals surface area contributed by atoms with Crippen LogP contribution >= 0.6 is 0 Å². The number of alkyl halides is 3. The molecule has 1 aliphatic heterocycles. The summed E-state index contributed by atoms with van der Waals surface area (Å²) in [6, 6.07) is 18.1. The molecule has 2 aromatic carbocycles. The zero-order valence-electron chi connectivity index (χ0n) is 18.7. The van der Waals surface area contributed by atoms with Gasteiger partial charge in [-0.15, -0.1) is 0 Å². The van der Waals surface area contributed by atoms with Crippen LogP contribution in [0.2, 0.25) is 0 Å². The molecule has 0 atom stereocenters. The van der Waals surface area contributed by atoms with Crippen LogP contribution in [-0.4, -0.2) is 42.1 Å². The summed E-state index contributed by atoms with van der Waals surface area (Å²) in [7, 11) is 0. The first-order valence-corrected chi connectivity index (χ1v) is 11.2. The molecule has 0 aliphatic carbocycles. The van der Waals surface area contributed by atoms with Crippen LogP contribution in [0.15, 0.2) is 79.1 Å². The zero-order chi connectivity index (χ0) is 24.4. The number of aromatic nitrogens is 2. The maximum Gasteiger partial charge on any atom is 0.418 e. The zero-order valence-corrected chi connectivity index (χ0v) is 18.7. The SMILES string of the molecule is O=C(Nc1ccccc1C(F)(F)F)c1cnc(N2CCN(c3ccccn3)CC2)c2ccccc12. The first kappa shape index (κ1) is 22.6. The Morgan fingerprint density at radius 3 is 2.17 bits per heavy atom. The number of hydrogen-bond acceptors (Lipinski definition) is 5. The van der Waals surface area contributed by atoms with Gasteiger partial charge in [0, 0.05) is 44.0 Å². The van der Waals surface area contributed by atoms with Gasteiger partial charge in [-0.25, -0.2) is 9.97 Å². The third-order valence-corrected chi connectivity index (χ3v) is 6.05. The van der Waals surface area contributed by atoms with Crippen molar-refractivity contribution < 1.29 is 18.0 Å². The second-order valence-electron chi connectivity index (χ2n) is 8.20. The first-order valence-electron chi connectivity index (χ1n) is 11.2. The summed E-state index contributed by atoms with van der Waals surface area (Å²) < 4.78 is 40.1. The molecule has 1 fully saturated rings. The van der Waals surface area contributed by atoms with Gasteiger partial charge >= 0.3 is 6.18 Å². The van der Waals surface area contributed by atoms with Gasteiger partial charge in [0.2, 0.25) is 0 Å². The number of piperazine rings is 1. The van der Waals surface area contributed by atoms with Gasteiger partial charge in [-0.05, 0) is 29.7 Å². The number of nitrogens with zero attached hydrogens (tertiary/aromatic N) is 4. The van der Waals surface area contributed by atoms with E-state index in [0.717, 1.165) is 49.3 Å². The van der Waals surface area contributed by atoms with Crippen LogP contribution in [0.1, 0.15) is 15.9 Å². The number of pyridine rings is 2. The highest BCUT2D eigenvalue weighted by atomic mass is 19.4. The van der Waals surface area contributed by atoms with Gasteiger partial charge in [-0.3, -0.25) is 4.79 Å². The van der Waals surface area contributed by atoms with Crippen LogP contribution in [0.3, 0.4) is 0 Å². The molecule has 0 radical (unpaired) electrons. The Balaban J connectivity index is 1.41. The maximum atomic E-state index is 13.4. The van der Waals surface area contributed by atoms with Crippen molar-refractivity contribution >= 4 is 34.0 Å². The second-order valence-corrected chi connectivity index (χ2v) is 8.20. The van der Waals surface area contributed by atoms with Crippen LogP contribution in [0.5, 0.6) is 0 Å². The second kappa shape index (κ2) is 9.25. The van der Waals surface area contributed by atoms with E-state index in [1.54, 1.807) is 18.3 Å². The van der Waals surface area contributed by atoms with Crippen molar-refractivity contribution in [2.75, 3.05) is 41.3 Å². The number of anilines is 3. The van der Waals surface area contributed by atoms with Crippen molar-refractivity contribution in [2.45, 2.75) is 6.18 Å². The van der Waals surface area contributed by atoms with Crippen molar-refractivity contribution in [3.8, 4) is 0 Å². The van der Waals surface area contributed by atoms with Crippen molar-refractivity contribution in [3.05, 3.63) is 90.3 Å². The van der Waals surface area contributed by atoms with Crippen LogP contribution in [0.4, 0.5) is 30.5 Å². The average molecular weight is 477 g/mol. The minimum absolute atomic E-state index is 0.216. The average Bonchev–Trinajstić information content (AvgIpc) is 2.88. The van der Waals surface area contributed by atoms with E-state index in [4.69, 9.17) is 0 Å². The summed E-state index contributed by atoms with van der Waals surface area (Å²) in [5.74, 6) is 1.03. The van der Waals surface area contributed by atoms with E-state index in [1.807, 2.05) is 30.3 Å². The monoisotopic (exact) mass is 477 g/mol. The molecular formula is C26H22F3N5O. The maximum absolute atomic E-state index is 13.4. The molecule has 1 amide bonds. The third-order valence-electron chi connectivity index (χ3n) is 6.05. The number of fused-ring (bicyclic) bond motifs is 1. The highest BCUT2D eigenvalue weighted by Gasteiger charge is 2.33. The molecule has 1 aliphatic rings. The van der Waals surface area contributed by atoms with Crippen LogP contribution < -0.4 is 15.1 Å². The largest absolute Gasteiger partial charge is 0.418 e. The number of carbonyl (C=O) groups excluding carboxylic acids is 1. The fraction of sp³-hybridized carbons (Fsp3) is 0.192. The minimum Gasteiger partial charge on any atom is -0.353 e. The van der Waals surface area contributed by atoms with E-state index < -0.39 is 17.6 Å². The van der Waals surface area contributed by atoms with Gasteiger partial charge in [-0.1, -0.05) is 42.5 Å². The lowest BCUT2D eigenvalue weighted by atomic mass is 10.1. The molecule has 2 aromatic heterocycles. The van der Waals surface area contributed by atoms with Gasteiger partial charge in [-0.2, -0.15) is 13.2 Å².